The Morgan fingerprint density at radius 2 is 2.08 bits per heavy atom. The molecule has 2 unspecified atom stereocenters. The molecule has 1 saturated carbocycles. The molecule has 0 aromatic carbocycles. The zero-order valence-electron chi connectivity index (χ0n) is 7.52. The topological polar surface area (TPSA) is 29.0 Å². The Bertz CT molecular complexity index is 273. The zero-order chi connectivity index (χ0) is 8.67. The smallest absolute Gasteiger partial charge is 0.208 e. The average molecular weight is 195 g/mol. The third kappa shape index (κ3) is 1.33. The lowest BCUT2D eigenvalue weighted by atomic mass is 9.99. The molecule has 2 atom stereocenters. The van der Waals surface area contributed by atoms with Crippen molar-refractivity contribution in [3.8, 4) is 0 Å². The second-order valence-corrected chi connectivity index (χ2v) is 4.98. The van der Waals surface area contributed by atoms with E-state index in [0.717, 1.165) is 17.0 Å². The van der Waals surface area contributed by atoms with Crippen LogP contribution in [0.4, 0.5) is 5.13 Å². The number of rotatable bonds is 1. The Morgan fingerprint density at radius 3 is 2.69 bits per heavy atom. The first-order valence-electron chi connectivity index (χ1n) is 4.93. The molecule has 4 heteroatoms. The summed E-state index contributed by atoms with van der Waals surface area (Å²) in [5, 5.41) is 9.15. The van der Waals surface area contributed by atoms with Gasteiger partial charge in [-0.15, -0.1) is 10.2 Å². The second-order valence-electron chi connectivity index (χ2n) is 4.17. The minimum Gasteiger partial charge on any atom is -0.346 e. The van der Waals surface area contributed by atoms with Gasteiger partial charge in [-0.2, -0.15) is 0 Å². The summed E-state index contributed by atoms with van der Waals surface area (Å²) < 4.78 is 0. The molecule has 70 valence electrons. The third-order valence-corrected chi connectivity index (χ3v) is 3.98. The second kappa shape index (κ2) is 2.94. The number of hydrogen-bond donors (Lipinski definition) is 0. The van der Waals surface area contributed by atoms with Crippen molar-refractivity contribution >= 4 is 16.5 Å². The van der Waals surface area contributed by atoms with Crippen LogP contribution in [0.2, 0.25) is 0 Å². The minimum absolute atomic E-state index is 0.933. The molecule has 0 N–H and O–H groups in total. The summed E-state index contributed by atoms with van der Waals surface area (Å²) >= 11 is 1.66. The third-order valence-electron chi connectivity index (χ3n) is 3.23. The zero-order valence-corrected chi connectivity index (χ0v) is 8.33. The fourth-order valence-corrected chi connectivity index (χ4v) is 3.25. The van der Waals surface area contributed by atoms with Crippen LogP contribution in [0.5, 0.6) is 0 Å². The van der Waals surface area contributed by atoms with Gasteiger partial charge in [-0.25, -0.2) is 0 Å². The summed E-state index contributed by atoms with van der Waals surface area (Å²) in [6.45, 7) is 2.43. The number of aromatic nitrogens is 2. The lowest BCUT2D eigenvalue weighted by Gasteiger charge is -2.30. The van der Waals surface area contributed by atoms with E-state index in [1.165, 1.54) is 32.4 Å². The lowest BCUT2D eigenvalue weighted by molar-refractivity contribution is 0.420. The van der Waals surface area contributed by atoms with Crippen molar-refractivity contribution < 1.29 is 0 Å². The Kier molecular flexibility index (Phi) is 1.75. The maximum Gasteiger partial charge on any atom is 0.208 e. The first kappa shape index (κ1) is 7.74. The molecule has 3 nitrogen and oxygen atoms in total. The highest BCUT2D eigenvalue weighted by atomic mass is 32.1. The van der Waals surface area contributed by atoms with Crippen LogP contribution in [0.25, 0.3) is 0 Å². The van der Waals surface area contributed by atoms with Gasteiger partial charge in [0.25, 0.3) is 0 Å². The van der Waals surface area contributed by atoms with Gasteiger partial charge < -0.3 is 4.90 Å². The van der Waals surface area contributed by atoms with Gasteiger partial charge in [-0.3, -0.25) is 0 Å². The Balaban J connectivity index is 1.80. The highest BCUT2D eigenvalue weighted by molar-refractivity contribution is 7.13. The predicted octanol–water partition coefficient (Wildman–Crippen LogP) is 1.77. The van der Waals surface area contributed by atoms with Crippen LogP contribution in [0, 0.1) is 11.8 Å². The molecule has 1 aliphatic heterocycles. The van der Waals surface area contributed by atoms with Crippen LogP contribution in [0.15, 0.2) is 5.51 Å². The van der Waals surface area contributed by atoms with Crippen molar-refractivity contribution in [3.05, 3.63) is 5.51 Å². The van der Waals surface area contributed by atoms with E-state index in [9.17, 15) is 0 Å². The molecular weight excluding hydrogens is 182 g/mol. The predicted molar refractivity (Wildman–Crippen MR) is 53.0 cm³/mol. The molecule has 3 rings (SSSR count). The molecule has 1 aromatic rings. The molecule has 0 amide bonds. The molecule has 1 aromatic heterocycles. The van der Waals surface area contributed by atoms with Crippen LogP contribution in [-0.4, -0.2) is 23.3 Å². The number of anilines is 1. The van der Waals surface area contributed by atoms with Gasteiger partial charge >= 0.3 is 0 Å². The van der Waals surface area contributed by atoms with E-state index in [2.05, 4.69) is 15.1 Å². The Hall–Kier alpha value is -0.640. The van der Waals surface area contributed by atoms with Crippen molar-refractivity contribution in [1.82, 2.24) is 10.2 Å². The van der Waals surface area contributed by atoms with Crippen LogP contribution >= 0.6 is 11.3 Å². The first-order valence-corrected chi connectivity index (χ1v) is 5.81. The summed E-state index contributed by atoms with van der Waals surface area (Å²) in [6, 6.07) is 0. The number of nitrogens with zero attached hydrogens (tertiary/aromatic N) is 3. The summed E-state index contributed by atoms with van der Waals surface area (Å²) in [4.78, 5) is 2.42. The monoisotopic (exact) mass is 195 g/mol. The van der Waals surface area contributed by atoms with Gasteiger partial charge in [-0.1, -0.05) is 11.3 Å². The molecular formula is C9H13N3S. The van der Waals surface area contributed by atoms with Crippen LogP contribution in [-0.2, 0) is 0 Å². The Morgan fingerprint density at radius 1 is 1.31 bits per heavy atom. The highest BCUT2D eigenvalue weighted by Gasteiger charge is 2.33. The molecule has 1 saturated heterocycles. The molecule has 0 spiro atoms. The van der Waals surface area contributed by atoms with Gasteiger partial charge in [0, 0.05) is 13.1 Å². The molecule has 0 radical (unpaired) electrons. The summed E-state index contributed by atoms with van der Waals surface area (Å²) in [7, 11) is 0. The number of hydrogen-bond acceptors (Lipinski definition) is 4. The average Bonchev–Trinajstić information content (AvgIpc) is 2.75. The van der Waals surface area contributed by atoms with E-state index in [-0.39, 0.29) is 0 Å². The van der Waals surface area contributed by atoms with E-state index < -0.39 is 0 Å². The lowest BCUT2D eigenvalue weighted by Crippen LogP contribution is -2.36. The fraction of sp³-hybridized carbons (Fsp3) is 0.778. The number of piperidine rings is 1. The largest absolute Gasteiger partial charge is 0.346 e. The van der Waals surface area contributed by atoms with Gasteiger partial charge in [0.15, 0.2) is 0 Å². The SMILES string of the molecule is c1nnc(N2CC3CCC(C3)C2)s1. The molecule has 13 heavy (non-hydrogen) atoms. The number of fused-ring (bicyclic) bond motifs is 2. The van der Waals surface area contributed by atoms with E-state index >= 15 is 0 Å². The summed E-state index contributed by atoms with van der Waals surface area (Å²) in [5.74, 6) is 1.87. The van der Waals surface area contributed by atoms with E-state index in [1.54, 1.807) is 11.3 Å². The highest BCUT2D eigenvalue weighted by Crippen LogP contribution is 2.38. The Labute approximate surface area is 81.8 Å². The first-order chi connectivity index (χ1) is 6.42. The normalized spacial score (nSPS) is 32.5. The van der Waals surface area contributed by atoms with Gasteiger partial charge in [0.05, 0.1) is 0 Å². The van der Waals surface area contributed by atoms with Crippen molar-refractivity contribution in [2.45, 2.75) is 19.3 Å². The minimum atomic E-state index is 0.933. The maximum absolute atomic E-state index is 4.13. The summed E-state index contributed by atoms with van der Waals surface area (Å²) in [5.41, 5.74) is 1.83. The molecule has 2 heterocycles. The van der Waals surface area contributed by atoms with Crippen LogP contribution in [0.1, 0.15) is 19.3 Å². The maximum atomic E-state index is 4.13. The van der Waals surface area contributed by atoms with E-state index in [0.29, 0.717) is 0 Å². The molecule has 2 fully saturated rings. The van der Waals surface area contributed by atoms with E-state index in [1.807, 2.05) is 5.51 Å². The van der Waals surface area contributed by atoms with Gasteiger partial charge in [-0.05, 0) is 31.1 Å². The summed E-state index contributed by atoms with van der Waals surface area (Å²) in [6.07, 6.45) is 4.31. The standard InChI is InChI=1S/C9H13N3S/c1-2-8-3-7(1)4-12(5-8)9-11-10-6-13-9/h6-8H,1-5H2. The molecule has 2 aliphatic rings. The molecule has 1 aliphatic carbocycles. The van der Waals surface area contributed by atoms with Crippen LogP contribution in [0.3, 0.4) is 0 Å². The van der Waals surface area contributed by atoms with Crippen LogP contribution < -0.4 is 4.90 Å². The molecule has 2 bridgehead atoms. The van der Waals surface area contributed by atoms with E-state index in [4.69, 9.17) is 0 Å². The van der Waals surface area contributed by atoms with Crippen molar-refractivity contribution in [2.75, 3.05) is 18.0 Å². The van der Waals surface area contributed by atoms with Crippen molar-refractivity contribution in [3.63, 3.8) is 0 Å². The fourth-order valence-electron chi connectivity index (χ4n) is 2.67. The van der Waals surface area contributed by atoms with Crippen molar-refractivity contribution in [2.24, 2.45) is 11.8 Å². The van der Waals surface area contributed by atoms with Gasteiger partial charge in [0.1, 0.15) is 5.51 Å². The quantitative estimate of drug-likeness (QED) is 0.684. The van der Waals surface area contributed by atoms with Gasteiger partial charge in [0.2, 0.25) is 5.13 Å². The van der Waals surface area contributed by atoms with Crippen molar-refractivity contribution in [1.29, 1.82) is 0 Å².